The number of esters is 1. The standard InChI is InChI=1S/C23H20N2O6/c1-2-30-21-12-15(8-11-20(21)31-23(29)16-6-4-3-5-7-16)14-24-25-22(28)18-10-9-17(26)13-19(18)27/h3-14,26-27H,2H2,1H3,(H,25,28)/b24-14-. The first-order valence-electron chi connectivity index (χ1n) is 9.37. The van der Waals surface area contributed by atoms with Gasteiger partial charge in [-0.05, 0) is 55.0 Å². The molecule has 31 heavy (non-hydrogen) atoms. The molecule has 3 aromatic rings. The highest BCUT2D eigenvalue weighted by Crippen LogP contribution is 2.29. The van der Waals surface area contributed by atoms with Crippen LogP contribution in [0.1, 0.15) is 33.2 Å². The number of nitrogens with zero attached hydrogens (tertiary/aromatic N) is 1. The zero-order valence-corrected chi connectivity index (χ0v) is 16.6. The summed E-state index contributed by atoms with van der Waals surface area (Å²) in [6.45, 7) is 2.15. The van der Waals surface area contributed by atoms with Crippen molar-refractivity contribution in [2.45, 2.75) is 6.92 Å². The normalized spacial score (nSPS) is 10.6. The second-order valence-corrected chi connectivity index (χ2v) is 6.30. The van der Waals surface area contributed by atoms with Gasteiger partial charge < -0.3 is 19.7 Å². The van der Waals surface area contributed by atoms with Crippen LogP contribution in [0.5, 0.6) is 23.0 Å². The monoisotopic (exact) mass is 420 g/mol. The minimum atomic E-state index is -0.646. The molecule has 8 nitrogen and oxygen atoms in total. The molecule has 0 aromatic heterocycles. The zero-order valence-electron chi connectivity index (χ0n) is 16.6. The number of aromatic hydroxyl groups is 2. The van der Waals surface area contributed by atoms with Crippen molar-refractivity contribution in [3.8, 4) is 23.0 Å². The molecule has 0 spiro atoms. The molecule has 3 N–H and O–H groups in total. The summed E-state index contributed by atoms with van der Waals surface area (Å²) in [5.41, 5.74) is 3.25. The highest BCUT2D eigenvalue weighted by atomic mass is 16.6. The van der Waals surface area contributed by atoms with Gasteiger partial charge in [0.25, 0.3) is 5.91 Å². The number of hydrogen-bond donors (Lipinski definition) is 3. The van der Waals surface area contributed by atoms with Gasteiger partial charge >= 0.3 is 5.97 Å². The number of phenolic OH excluding ortho intramolecular Hbond substituents is 2. The molecule has 158 valence electrons. The number of hydrazone groups is 1. The van der Waals surface area contributed by atoms with Gasteiger partial charge in [0.1, 0.15) is 11.5 Å². The van der Waals surface area contributed by atoms with Crippen LogP contribution in [0.2, 0.25) is 0 Å². The Morgan fingerprint density at radius 2 is 1.77 bits per heavy atom. The third kappa shape index (κ3) is 5.60. The van der Waals surface area contributed by atoms with Gasteiger partial charge in [0.2, 0.25) is 0 Å². The SMILES string of the molecule is CCOc1cc(/C=N\NC(=O)c2ccc(O)cc2O)ccc1OC(=O)c1ccccc1. The van der Waals surface area contributed by atoms with E-state index < -0.39 is 11.9 Å². The van der Waals surface area contributed by atoms with Crippen molar-refractivity contribution < 1.29 is 29.3 Å². The number of amides is 1. The summed E-state index contributed by atoms with van der Waals surface area (Å²) >= 11 is 0. The van der Waals surface area contributed by atoms with Crippen molar-refractivity contribution in [1.29, 1.82) is 0 Å². The number of phenols is 2. The molecule has 0 bridgehead atoms. The minimum absolute atomic E-state index is 0.0341. The first-order chi connectivity index (χ1) is 15.0. The Labute approximate surface area is 178 Å². The van der Waals surface area contributed by atoms with E-state index in [1.165, 1.54) is 18.3 Å². The third-order valence-electron chi connectivity index (χ3n) is 4.09. The van der Waals surface area contributed by atoms with E-state index in [0.717, 1.165) is 6.07 Å². The molecule has 0 aliphatic rings. The molecule has 8 heteroatoms. The second kappa shape index (κ2) is 9.93. The van der Waals surface area contributed by atoms with Crippen LogP contribution in [0.15, 0.2) is 71.8 Å². The fraction of sp³-hybridized carbons (Fsp3) is 0.0870. The van der Waals surface area contributed by atoms with Crippen LogP contribution in [0.3, 0.4) is 0 Å². The lowest BCUT2D eigenvalue weighted by Gasteiger charge is -2.11. The van der Waals surface area contributed by atoms with Gasteiger partial charge in [0.15, 0.2) is 11.5 Å². The van der Waals surface area contributed by atoms with Crippen LogP contribution in [-0.4, -0.2) is 34.9 Å². The Morgan fingerprint density at radius 1 is 1.00 bits per heavy atom. The molecule has 0 saturated heterocycles. The summed E-state index contributed by atoms with van der Waals surface area (Å²) in [5, 5.41) is 22.9. The summed E-state index contributed by atoms with van der Waals surface area (Å²) < 4.78 is 11.0. The van der Waals surface area contributed by atoms with Crippen molar-refractivity contribution in [2.24, 2.45) is 5.10 Å². The van der Waals surface area contributed by atoms with E-state index in [2.05, 4.69) is 10.5 Å². The molecule has 0 aliphatic carbocycles. The van der Waals surface area contributed by atoms with Crippen LogP contribution in [0.25, 0.3) is 0 Å². The van der Waals surface area contributed by atoms with Crippen molar-refractivity contribution in [3.63, 3.8) is 0 Å². The maximum atomic E-state index is 12.3. The maximum Gasteiger partial charge on any atom is 0.343 e. The summed E-state index contributed by atoms with van der Waals surface area (Å²) in [4.78, 5) is 24.4. The summed E-state index contributed by atoms with van der Waals surface area (Å²) in [6.07, 6.45) is 1.38. The first-order valence-corrected chi connectivity index (χ1v) is 9.37. The molecule has 0 saturated carbocycles. The fourth-order valence-electron chi connectivity index (χ4n) is 2.63. The smallest absolute Gasteiger partial charge is 0.343 e. The molecular formula is C23H20N2O6. The minimum Gasteiger partial charge on any atom is -0.508 e. The molecule has 0 heterocycles. The Morgan fingerprint density at radius 3 is 2.48 bits per heavy atom. The average molecular weight is 420 g/mol. The number of carbonyl (C=O) groups excluding carboxylic acids is 2. The van der Waals surface area contributed by atoms with Gasteiger partial charge in [0.05, 0.1) is 23.9 Å². The van der Waals surface area contributed by atoms with Gasteiger partial charge in [-0.2, -0.15) is 5.10 Å². The predicted octanol–water partition coefficient (Wildman–Crippen LogP) is 3.48. The van der Waals surface area contributed by atoms with Crippen LogP contribution in [0, 0.1) is 0 Å². The lowest BCUT2D eigenvalue weighted by atomic mass is 10.2. The summed E-state index contributed by atoms with van der Waals surface area (Å²) in [6, 6.07) is 17.0. The van der Waals surface area contributed by atoms with Crippen molar-refractivity contribution in [2.75, 3.05) is 6.61 Å². The predicted molar refractivity (Wildman–Crippen MR) is 114 cm³/mol. The van der Waals surface area contributed by atoms with E-state index in [9.17, 15) is 19.8 Å². The highest BCUT2D eigenvalue weighted by molar-refractivity contribution is 5.97. The van der Waals surface area contributed by atoms with Gasteiger partial charge in [-0.15, -0.1) is 0 Å². The largest absolute Gasteiger partial charge is 0.508 e. The molecule has 0 radical (unpaired) electrons. The van der Waals surface area contributed by atoms with Crippen LogP contribution >= 0.6 is 0 Å². The van der Waals surface area contributed by atoms with Gasteiger partial charge in [-0.3, -0.25) is 4.79 Å². The van der Waals surface area contributed by atoms with Crippen molar-refractivity contribution in [1.82, 2.24) is 5.43 Å². The zero-order chi connectivity index (χ0) is 22.2. The topological polar surface area (TPSA) is 117 Å². The van der Waals surface area contributed by atoms with E-state index in [1.54, 1.807) is 55.5 Å². The maximum absolute atomic E-state index is 12.3. The molecule has 3 rings (SSSR count). The lowest BCUT2D eigenvalue weighted by molar-refractivity contribution is 0.0728. The fourth-order valence-corrected chi connectivity index (χ4v) is 2.63. The molecule has 1 amide bonds. The van der Waals surface area contributed by atoms with E-state index in [-0.39, 0.29) is 22.8 Å². The molecular weight excluding hydrogens is 400 g/mol. The van der Waals surface area contributed by atoms with Gasteiger partial charge in [0, 0.05) is 6.07 Å². The molecule has 0 unspecified atom stereocenters. The number of ether oxygens (including phenoxy) is 2. The summed E-state index contributed by atoms with van der Waals surface area (Å²) in [5.74, 6) is -1.08. The molecule has 0 atom stereocenters. The number of benzene rings is 3. The molecule has 0 fully saturated rings. The average Bonchev–Trinajstić information content (AvgIpc) is 2.76. The van der Waals surface area contributed by atoms with E-state index in [1.807, 2.05) is 0 Å². The van der Waals surface area contributed by atoms with E-state index in [4.69, 9.17) is 9.47 Å². The number of nitrogens with one attached hydrogen (secondary N) is 1. The Balaban J connectivity index is 1.71. The van der Waals surface area contributed by atoms with E-state index in [0.29, 0.717) is 23.5 Å². The molecule has 3 aromatic carbocycles. The van der Waals surface area contributed by atoms with Crippen molar-refractivity contribution in [3.05, 3.63) is 83.4 Å². The van der Waals surface area contributed by atoms with Gasteiger partial charge in [-0.1, -0.05) is 18.2 Å². The number of hydrogen-bond acceptors (Lipinski definition) is 7. The van der Waals surface area contributed by atoms with Gasteiger partial charge in [-0.25, -0.2) is 10.2 Å². The Kier molecular flexibility index (Phi) is 6.85. The number of carbonyl (C=O) groups is 2. The number of rotatable bonds is 7. The molecule has 0 aliphatic heterocycles. The highest BCUT2D eigenvalue weighted by Gasteiger charge is 2.13. The summed E-state index contributed by atoms with van der Waals surface area (Å²) in [7, 11) is 0. The third-order valence-corrected chi connectivity index (χ3v) is 4.09. The first kappa shape index (κ1) is 21.4. The Bertz CT molecular complexity index is 1110. The Hall–Kier alpha value is -4.33. The quantitative estimate of drug-likeness (QED) is 0.233. The second-order valence-electron chi connectivity index (χ2n) is 6.30. The van der Waals surface area contributed by atoms with Crippen molar-refractivity contribution >= 4 is 18.1 Å². The van der Waals surface area contributed by atoms with Crippen LogP contribution in [-0.2, 0) is 0 Å². The van der Waals surface area contributed by atoms with Crippen LogP contribution in [0.4, 0.5) is 0 Å². The lowest BCUT2D eigenvalue weighted by Crippen LogP contribution is -2.17. The van der Waals surface area contributed by atoms with E-state index >= 15 is 0 Å². The van der Waals surface area contributed by atoms with Crippen LogP contribution < -0.4 is 14.9 Å².